The highest BCUT2D eigenvalue weighted by Crippen LogP contribution is 2.33. The molecule has 11 heteroatoms. The number of nitrogens with two attached hydrogens (primary N) is 1. The summed E-state index contributed by atoms with van der Waals surface area (Å²) in [5, 5.41) is 11.6. The van der Waals surface area contributed by atoms with Crippen molar-refractivity contribution in [1.29, 1.82) is 5.26 Å². The van der Waals surface area contributed by atoms with Crippen LogP contribution in [-0.4, -0.2) is 30.6 Å². The number of primary amides is 1. The van der Waals surface area contributed by atoms with Crippen LogP contribution in [0.3, 0.4) is 0 Å². The topological polar surface area (TPSA) is 126 Å². The monoisotopic (exact) mass is 528 g/mol. The molecule has 7 nitrogen and oxygen atoms in total. The summed E-state index contributed by atoms with van der Waals surface area (Å²) in [6.07, 6.45) is -2.32. The first-order valence-electron chi connectivity index (χ1n) is 11.5. The number of hydrogen-bond acceptors (Lipinski definition) is 6. The zero-order valence-corrected chi connectivity index (χ0v) is 20.3. The van der Waals surface area contributed by atoms with Crippen LogP contribution < -0.4 is 11.1 Å². The van der Waals surface area contributed by atoms with Gasteiger partial charge in [0.2, 0.25) is 5.91 Å². The largest absolute Gasteiger partial charge is 0.417 e. The molecule has 1 aliphatic carbocycles. The van der Waals surface area contributed by atoms with Gasteiger partial charge in [-0.3, -0.25) is 4.79 Å². The third-order valence-electron chi connectivity index (χ3n) is 6.45. The average Bonchev–Trinajstić information content (AvgIpc) is 2.88. The SMILES string of the molecule is N#Cc1cc(C(F)(F)F)cnc1NC1CCC(S(=O)(=O)c2ccc(-c3cccc(C(N)=O)c3)cc2)CC1. The van der Waals surface area contributed by atoms with Gasteiger partial charge in [0.05, 0.1) is 21.3 Å². The van der Waals surface area contributed by atoms with Gasteiger partial charge in [0.1, 0.15) is 11.9 Å². The second-order valence-electron chi connectivity index (χ2n) is 8.86. The number of nitrogens with one attached hydrogen (secondary N) is 1. The van der Waals surface area contributed by atoms with Crippen molar-refractivity contribution in [2.75, 3.05) is 5.32 Å². The molecule has 0 spiro atoms. The third-order valence-corrected chi connectivity index (χ3v) is 8.73. The Kier molecular flexibility index (Phi) is 7.23. The lowest BCUT2D eigenvalue weighted by Gasteiger charge is -2.29. The first-order chi connectivity index (χ1) is 17.5. The lowest BCUT2D eigenvalue weighted by atomic mass is 9.95. The minimum atomic E-state index is -4.60. The van der Waals surface area contributed by atoms with Gasteiger partial charge in [-0.1, -0.05) is 24.3 Å². The number of benzene rings is 2. The molecule has 3 N–H and O–H groups in total. The molecule has 2 aromatic carbocycles. The molecule has 0 radical (unpaired) electrons. The summed E-state index contributed by atoms with van der Waals surface area (Å²) in [5.41, 5.74) is 5.95. The van der Waals surface area contributed by atoms with E-state index in [-0.39, 0.29) is 22.3 Å². The van der Waals surface area contributed by atoms with E-state index in [4.69, 9.17) is 5.73 Å². The maximum atomic E-state index is 13.2. The van der Waals surface area contributed by atoms with Gasteiger partial charge >= 0.3 is 6.18 Å². The van der Waals surface area contributed by atoms with Gasteiger partial charge in [0.25, 0.3) is 0 Å². The standard InChI is InChI=1S/C26H23F3N4O3S/c27-26(28,29)20-13-19(14-30)25(32-15-20)33-21-6-10-23(11-7-21)37(35,36)22-8-4-16(5-9-22)17-2-1-3-18(12-17)24(31)34/h1-5,8-9,12-13,15,21,23H,6-7,10-11H2,(H2,31,34)(H,32,33). The minimum Gasteiger partial charge on any atom is -0.366 e. The van der Waals surface area contributed by atoms with Gasteiger partial charge < -0.3 is 11.1 Å². The van der Waals surface area contributed by atoms with Gasteiger partial charge in [-0.05, 0) is 67.1 Å². The van der Waals surface area contributed by atoms with E-state index in [1.807, 2.05) is 0 Å². The minimum absolute atomic E-state index is 0.0535. The molecule has 1 aromatic heterocycles. The lowest BCUT2D eigenvalue weighted by Crippen LogP contribution is -2.33. The van der Waals surface area contributed by atoms with Crippen LogP contribution >= 0.6 is 0 Å². The summed E-state index contributed by atoms with van der Waals surface area (Å²) in [7, 11) is -3.61. The number of halogens is 3. The zero-order chi connectivity index (χ0) is 26.8. The fourth-order valence-electron chi connectivity index (χ4n) is 4.41. The molecule has 0 bridgehead atoms. The van der Waals surface area contributed by atoms with Crippen LogP contribution in [0.2, 0.25) is 0 Å². The van der Waals surface area contributed by atoms with Crippen molar-refractivity contribution in [3.8, 4) is 17.2 Å². The van der Waals surface area contributed by atoms with Crippen molar-refractivity contribution in [3.05, 3.63) is 77.5 Å². The highest BCUT2D eigenvalue weighted by atomic mass is 32.2. The van der Waals surface area contributed by atoms with Crippen molar-refractivity contribution in [3.63, 3.8) is 0 Å². The van der Waals surface area contributed by atoms with Crippen LogP contribution in [0.4, 0.5) is 19.0 Å². The third kappa shape index (κ3) is 5.75. The Bertz CT molecular complexity index is 1460. The van der Waals surface area contributed by atoms with Gasteiger partial charge in [0.15, 0.2) is 9.84 Å². The van der Waals surface area contributed by atoms with Crippen molar-refractivity contribution < 1.29 is 26.4 Å². The number of amides is 1. The zero-order valence-electron chi connectivity index (χ0n) is 19.5. The molecule has 3 aromatic rings. The molecule has 1 aliphatic rings. The molecule has 1 saturated carbocycles. The van der Waals surface area contributed by atoms with Crippen LogP contribution in [0, 0.1) is 11.3 Å². The average molecular weight is 529 g/mol. The highest BCUT2D eigenvalue weighted by Gasteiger charge is 2.34. The number of sulfone groups is 1. The highest BCUT2D eigenvalue weighted by molar-refractivity contribution is 7.92. The van der Waals surface area contributed by atoms with E-state index in [1.54, 1.807) is 42.5 Å². The summed E-state index contributed by atoms with van der Waals surface area (Å²) < 4.78 is 65.2. The van der Waals surface area contributed by atoms with Crippen LogP contribution in [0.15, 0.2) is 65.7 Å². The van der Waals surface area contributed by atoms with E-state index in [0.717, 1.165) is 17.2 Å². The molecule has 0 unspecified atom stereocenters. The Hall–Kier alpha value is -3.91. The van der Waals surface area contributed by atoms with Crippen LogP contribution in [0.1, 0.15) is 47.2 Å². The predicted octanol–water partition coefficient (Wildman–Crippen LogP) is 4.93. The number of anilines is 1. The molecule has 1 heterocycles. The van der Waals surface area contributed by atoms with Gasteiger partial charge in [-0.2, -0.15) is 18.4 Å². The van der Waals surface area contributed by atoms with Gasteiger partial charge in [0, 0.05) is 17.8 Å². The first kappa shape index (κ1) is 26.2. The van der Waals surface area contributed by atoms with Crippen molar-refractivity contribution >= 4 is 21.6 Å². The molecular weight excluding hydrogens is 505 g/mol. The van der Waals surface area contributed by atoms with E-state index in [0.29, 0.717) is 37.4 Å². The molecule has 0 saturated heterocycles. The number of aromatic nitrogens is 1. The fraction of sp³-hybridized carbons (Fsp3) is 0.269. The predicted molar refractivity (Wildman–Crippen MR) is 131 cm³/mol. The Morgan fingerprint density at radius 1 is 1.03 bits per heavy atom. The normalized spacial score (nSPS) is 18.1. The maximum absolute atomic E-state index is 13.2. The lowest BCUT2D eigenvalue weighted by molar-refractivity contribution is -0.137. The van der Waals surface area contributed by atoms with Crippen molar-refractivity contribution in [1.82, 2.24) is 4.98 Å². The fourth-order valence-corrected chi connectivity index (χ4v) is 6.21. The van der Waals surface area contributed by atoms with E-state index >= 15 is 0 Å². The molecule has 37 heavy (non-hydrogen) atoms. The number of nitrogens with zero attached hydrogens (tertiary/aromatic N) is 2. The number of hydrogen-bond donors (Lipinski definition) is 2. The molecule has 0 atom stereocenters. The molecular formula is C26H23F3N4O3S. The second-order valence-corrected chi connectivity index (χ2v) is 11.1. The van der Waals surface area contributed by atoms with E-state index in [1.165, 1.54) is 12.1 Å². The maximum Gasteiger partial charge on any atom is 0.417 e. The summed E-state index contributed by atoms with van der Waals surface area (Å²) in [6.45, 7) is 0. The Morgan fingerprint density at radius 2 is 1.70 bits per heavy atom. The first-order valence-corrected chi connectivity index (χ1v) is 13.0. The smallest absolute Gasteiger partial charge is 0.366 e. The summed E-state index contributed by atoms with van der Waals surface area (Å²) in [5.74, 6) is -0.498. The van der Waals surface area contributed by atoms with Crippen LogP contribution in [0.25, 0.3) is 11.1 Å². The second kappa shape index (κ2) is 10.2. The number of rotatable bonds is 6. The summed E-state index contributed by atoms with van der Waals surface area (Å²) in [4.78, 5) is 15.4. The summed E-state index contributed by atoms with van der Waals surface area (Å²) >= 11 is 0. The van der Waals surface area contributed by atoms with Crippen molar-refractivity contribution in [2.45, 2.75) is 48.0 Å². The van der Waals surface area contributed by atoms with E-state index < -0.39 is 32.7 Å². The molecule has 192 valence electrons. The number of carbonyl (C=O) groups excluding carboxylic acids is 1. The number of nitriles is 1. The Balaban J connectivity index is 1.42. The molecule has 1 amide bonds. The molecule has 1 fully saturated rings. The van der Waals surface area contributed by atoms with Crippen molar-refractivity contribution in [2.24, 2.45) is 5.73 Å². The number of pyridine rings is 1. The number of carbonyl (C=O) groups is 1. The Labute approximate surface area is 212 Å². The number of alkyl halides is 3. The quantitative estimate of drug-likeness (QED) is 0.467. The van der Waals surface area contributed by atoms with Gasteiger partial charge in [-0.15, -0.1) is 0 Å². The van der Waals surface area contributed by atoms with E-state index in [2.05, 4.69) is 10.3 Å². The van der Waals surface area contributed by atoms with E-state index in [9.17, 15) is 31.6 Å². The molecule has 4 rings (SSSR count). The summed E-state index contributed by atoms with van der Waals surface area (Å²) in [6, 6.07) is 15.4. The molecule has 0 aliphatic heterocycles. The van der Waals surface area contributed by atoms with Crippen LogP contribution in [0.5, 0.6) is 0 Å². The van der Waals surface area contributed by atoms with Gasteiger partial charge in [-0.25, -0.2) is 13.4 Å². The van der Waals surface area contributed by atoms with Crippen LogP contribution in [-0.2, 0) is 16.0 Å². The Morgan fingerprint density at radius 3 is 2.30 bits per heavy atom.